The third-order valence-corrected chi connectivity index (χ3v) is 13.0. The average molecular weight is 2030 g/mol. The minimum absolute atomic E-state index is 0.198. The van der Waals surface area contributed by atoms with Gasteiger partial charge in [0.15, 0.2) is 0 Å². The molecule has 0 atom stereocenters. The van der Waals surface area contributed by atoms with Crippen LogP contribution in [0.3, 0.4) is 0 Å². The van der Waals surface area contributed by atoms with Crippen LogP contribution >= 0.6 is 117 Å². The molecule has 6 heterocycles. The van der Waals surface area contributed by atoms with Crippen LogP contribution in [0.5, 0.6) is 0 Å². The van der Waals surface area contributed by atoms with Gasteiger partial charge in [-0.1, -0.05) is 56.2 Å². The van der Waals surface area contributed by atoms with E-state index >= 15 is 0 Å². The Morgan fingerprint density at radius 2 is 0.588 bits per heavy atom. The third kappa shape index (κ3) is 19.0. The first kappa shape index (κ1) is 69.3. The molecule has 12 nitrogen and oxygen atoms in total. The van der Waals surface area contributed by atoms with Crippen LogP contribution in [0.1, 0.15) is 66.0 Å². The average Bonchev–Trinajstić information content (AvgIpc) is 4.39. The van der Waals surface area contributed by atoms with Crippen LogP contribution in [0.4, 0.5) is 17.1 Å². The van der Waals surface area contributed by atoms with Gasteiger partial charge >= 0.3 is 149 Å². The SMILES string of the molecule is C=C/C(=C\C)N1C=CN(C)[CH-]1.C=C/C(=C\C)N1C=CN(C)[CH-]1.C=C/C(=C\C)N1C=CN(C)[CH-]1.CN1C=CN(c2ccc3c(c2)C2c4ccc(N5C=CN(C)[CH-]5)cc4C3c3cc(N4C=CN(C)[CH-]4)ccc32)[CH-]1.[I][Pd][I].[I][Pd][I].[I][Pd][I]. The van der Waals surface area contributed by atoms with E-state index in [0.717, 1.165) is 49.3 Å². The number of rotatable bonds is 9. The van der Waals surface area contributed by atoms with Crippen molar-refractivity contribution in [1.29, 1.82) is 0 Å². The van der Waals surface area contributed by atoms with Crippen molar-refractivity contribution in [3.8, 4) is 0 Å². The number of benzene rings is 3. The monoisotopic (exact) mass is 2020 g/mol. The van der Waals surface area contributed by atoms with Gasteiger partial charge < -0.3 is 58.8 Å². The predicted octanol–water partition coefficient (Wildman–Crippen LogP) is 16.7. The summed E-state index contributed by atoms with van der Waals surface area (Å²) in [5.74, 6) is 0.414. The first-order valence-corrected chi connectivity index (χ1v) is 52.3. The Labute approximate surface area is 567 Å². The number of halogens is 6. The molecule has 21 heteroatoms. The van der Waals surface area contributed by atoms with Crippen LogP contribution in [0.25, 0.3) is 0 Å². The zero-order valence-corrected chi connectivity index (χ0v) is 63.5. The molecule has 0 saturated carbocycles. The maximum absolute atomic E-state index is 3.72. The van der Waals surface area contributed by atoms with Crippen molar-refractivity contribution in [3.05, 3.63) is 276 Å². The van der Waals surface area contributed by atoms with Crippen molar-refractivity contribution in [3.63, 3.8) is 0 Å². The van der Waals surface area contributed by atoms with Gasteiger partial charge in [-0.15, -0.1) is 0 Å². The van der Waals surface area contributed by atoms with E-state index in [0.29, 0.717) is 0 Å². The summed E-state index contributed by atoms with van der Waals surface area (Å²) in [5.41, 5.74) is 15.4. The normalized spacial score (nSPS) is 18.7. The Kier molecular flexibility index (Phi) is 31.0. The number of hydrogen-bond acceptors (Lipinski definition) is 12. The van der Waals surface area contributed by atoms with Crippen molar-refractivity contribution in [2.24, 2.45) is 0 Å². The Bertz CT molecular complexity index is 2650. The van der Waals surface area contributed by atoms with E-state index < -0.39 is 0 Å². The number of allylic oxidation sites excluding steroid dienone is 6. The van der Waals surface area contributed by atoms with E-state index in [1.165, 1.54) is 50.4 Å². The second-order valence-electron chi connectivity index (χ2n) is 18.1. The molecule has 9 aliphatic rings. The number of hydrogen-bond donors (Lipinski definition) is 0. The summed E-state index contributed by atoms with van der Waals surface area (Å²) < 4.78 is 0. The molecule has 0 spiro atoms. The summed E-state index contributed by atoms with van der Waals surface area (Å²) in [6, 6.07) is 21.1. The zero-order valence-electron chi connectivity index (χ0n) is 45.9. The topological polar surface area (TPSA) is 38.9 Å². The molecule has 0 N–H and O–H groups in total. The number of anilines is 3. The van der Waals surface area contributed by atoms with Crippen LogP contribution in [0, 0.1) is 40.0 Å². The number of nitrogens with zero attached hydrogens (tertiary/aromatic N) is 12. The third-order valence-electron chi connectivity index (χ3n) is 13.0. The van der Waals surface area contributed by atoms with Crippen LogP contribution in [0.2, 0.25) is 0 Å². The summed E-state index contributed by atoms with van der Waals surface area (Å²) in [5, 5.41) is 0. The summed E-state index contributed by atoms with van der Waals surface area (Å²) in [7, 11) is 14.8. The predicted molar refractivity (Wildman–Crippen MR) is 377 cm³/mol. The molecule has 442 valence electrons. The Hall–Kier alpha value is -1.49. The molecule has 80 heavy (non-hydrogen) atoms. The molecule has 6 aliphatic heterocycles. The van der Waals surface area contributed by atoms with E-state index in [2.05, 4.69) is 299 Å². The van der Waals surface area contributed by atoms with Crippen molar-refractivity contribution >= 4 is 134 Å². The maximum atomic E-state index is 3.72. The second-order valence-corrected chi connectivity index (χ2v) is 54.1. The molecule has 3 aliphatic carbocycles. The molecule has 3 aromatic carbocycles. The van der Waals surface area contributed by atoms with Gasteiger partial charge in [0.25, 0.3) is 0 Å². The molecular formula is C59H68I6N12Pd3-6. The zero-order chi connectivity index (χ0) is 58.5. The fraction of sp³-hybridized carbons (Fsp3) is 0.186. The van der Waals surface area contributed by atoms with Gasteiger partial charge in [0, 0.05) is 46.0 Å². The molecule has 0 aromatic heterocycles. The van der Waals surface area contributed by atoms with Gasteiger partial charge in [-0.3, -0.25) is 0 Å². The standard InChI is InChI=1S/C32H29N6.3C9H13N2.6HI.3Pd/c1-33-10-13-36(19-33)22-6-9-27-28(16-22)31-25-7-4-23(37-14-11-34(2)20-37)17-29(25)32(27)30-18-24(5-8-26(30)31)38-15-12-35(3)21-38;3*1-4-9(5-2)11-7-6-10(3)8-11;;;;;;;;;/h4-21,31-32H,1-3H3;3*4-8H,1H2,2-3H3;6*1H;;;/q-3;3*-1;;;;;;;3*+2/p-6/b;3*9-5+;;;;;;;;;. The Morgan fingerprint density at radius 3 is 0.775 bits per heavy atom. The first-order chi connectivity index (χ1) is 38.6. The Balaban J connectivity index is 0.000000228. The van der Waals surface area contributed by atoms with E-state index in [1.54, 1.807) is 0 Å². The van der Waals surface area contributed by atoms with E-state index in [-0.39, 0.29) is 11.8 Å². The molecule has 2 bridgehead atoms. The summed E-state index contributed by atoms with van der Waals surface area (Å²) in [6.45, 7) is 29.5. The van der Waals surface area contributed by atoms with Gasteiger partial charge in [-0.25, -0.2) is 0 Å². The molecule has 0 fully saturated rings. The van der Waals surface area contributed by atoms with E-state index in [1.807, 2.05) is 165 Å². The fourth-order valence-electron chi connectivity index (χ4n) is 9.45. The van der Waals surface area contributed by atoms with Crippen LogP contribution in [0.15, 0.2) is 202 Å². The van der Waals surface area contributed by atoms with Crippen molar-refractivity contribution < 1.29 is 32.3 Å². The Morgan fingerprint density at radius 1 is 0.362 bits per heavy atom. The van der Waals surface area contributed by atoms with Crippen molar-refractivity contribution in [2.75, 3.05) is 57.0 Å². The molecule has 12 rings (SSSR count). The van der Waals surface area contributed by atoms with E-state index in [4.69, 9.17) is 0 Å². The minimum atomic E-state index is 0.198. The van der Waals surface area contributed by atoms with Gasteiger partial charge in [0.05, 0.1) is 0 Å². The molecule has 0 radical (unpaired) electrons. The molecular weight excluding hydrogens is 1960 g/mol. The summed E-state index contributed by atoms with van der Waals surface area (Å²) in [4.78, 5) is 24.9. The molecule has 3 aromatic rings. The van der Waals surface area contributed by atoms with Crippen molar-refractivity contribution in [1.82, 2.24) is 44.1 Å². The summed E-state index contributed by atoms with van der Waals surface area (Å²) in [6.07, 6.45) is 36.2. The molecule has 0 amide bonds. The van der Waals surface area contributed by atoms with E-state index in [9.17, 15) is 0 Å². The fourth-order valence-corrected chi connectivity index (χ4v) is 9.45. The first-order valence-electron chi connectivity index (χ1n) is 24.6. The quantitative estimate of drug-likeness (QED) is 0.0611. The van der Waals surface area contributed by atoms with Crippen LogP contribution in [-0.2, 0) is 32.3 Å². The second kappa shape index (κ2) is 35.8. The molecule has 0 saturated heterocycles. The summed E-state index contributed by atoms with van der Waals surface area (Å²) >= 11 is 14.0. The van der Waals surface area contributed by atoms with Gasteiger partial charge in [-0.2, -0.15) is 40.0 Å². The van der Waals surface area contributed by atoms with Gasteiger partial charge in [0.1, 0.15) is 0 Å². The van der Waals surface area contributed by atoms with Crippen LogP contribution in [-0.4, -0.2) is 86.4 Å². The van der Waals surface area contributed by atoms with Gasteiger partial charge in [-0.05, 0) is 225 Å². The van der Waals surface area contributed by atoms with Crippen molar-refractivity contribution in [2.45, 2.75) is 32.6 Å². The van der Waals surface area contributed by atoms with Crippen LogP contribution < -0.4 is 14.7 Å². The molecule has 0 unspecified atom stereocenters. The van der Waals surface area contributed by atoms with Gasteiger partial charge in [0.2, 0.25) is 0 Å².